The number of nitrogens with zero attached hydrogens (tertiary/aromatic N) is 1. The van der Waals surface area contributed by atoms with Crippen molar-refractivity contribution in [3.63, 3.8) is 0 Å². The van der Waals surface area contributed by atoms with Crippen LogP contribution in [0.1, 0.15) is 0 Å². The van der Waals surface area contributed by atoms with Gasteiger partial charge in [0.25, 0.3) is 0 Å². The molecule has 0 spiro atoms. The Morgan fingerprint density at radius 2 is 2.11 bits per heavy atom. The summed E-state index contributed by atoms with van der Waals surface area (Å²) in [7, 11) is 0. The predicted molar refractivity (Wildman–Crippen MR) is 36.5 cm³/mol. The van der Waals surface area contributed by atoms with Gasteiger partial charge in [0.05, 0.1) is 5.02 Å². The molecule has 0 aliphatic heterocycles. The molecule has 0 fully saturated rings. The van der Waals surface area contributed by atoms with Gasteiger partial charge in [0.1, 0.15) is 0 Å². The predicted octanol–water partition coefficient (Wildman–Crippen LogP) is 2.30. The van der Waals surface area contributed by atoms with Crippen LogP contribution in [0.3, 0.4) is 0 Å². The molecule has 0 bridgehead atoms. The smallest absolute Gasteiger partial charge is 0.212 e. The highest BCUT2D eigenvalue weighted by molar-refractivity contribution is 6.30. The Kier molecular flexibility index (Phi) is 3.50. The van der Waals surface area contributed by atoms with Crippen molar-refractivity contribution in [1.29, 1.82) is 0 Å². The van der Waals surface area contributed by atoms with Gasteiger partial charge in [0, 0.05) is 6.20 Å². The minimum Gasteiger partial charge on any atom is -0.227 e. The highest BCUT2D eigenvalue weighted by Gasteiger charge is 1.86. The van der Waals surface area contributed by atoms with Crippen LogP contribution in [0.2, 0.25) is 5.02 Å². The molecule has 1 rings (SSSR count). The highest BCUT2D eigenvalue weighted by Crippen LogP contribution is 2.03. The van der Waals surface area contributed by atoms with Crippen molar-refractivity contribution in [3.8, 4) is 0 Å². The molecular weight excluding hydrogens is 164 g/mol. The second-order valence-electron chi connectivity index (χ2n) is 1.30. The lowest BCUT2D eigenvalue weighted by molar-refractivity contribution is 0.584. The molecule has 0 aliphatic rings. The van der Waals surface area contributed by atoms with Crippen LogP contribution in [-0.2, 0) is 0 Å². The Morgan fingerprint density at radius 3 is 2.44 bits per heavy atom. The van der Waals surface area contributed by atoms with E-state index in [0.29, 0.717) is 5.02 Å². The fourth-order valence-corrected chi connectivity index (χ4v) is 0.470. The summed E-state index contributed by atoms with van der Waals surface area (Å²) in [5.74, 6) is -0.505. The molecule has 1 aromatic heterocycles. The molecule has 0 unspecified atom stereocenters. The maximum atomic E-state index is 11.9. The number of hydrogen-bond donors (Lipinski definition) is 0. The minimum absolute atomic E-state index is 0. The first-order valence-corrected chi connectivity index (χ1v) is 2.44. The van der Waals surface area contributed by atoms with E-state index in [1.165, 1.54) is 18.3 Å². The molecule has 0 aromatic carbocycles. The van der Waals surface area contributed by atoms with Crippen LogP contribution in [0, 0.1) is 5.95 Å². The van der Waals surface area contributed by atoms with Gasteiger partial charge in [-0.15, -0.1) is 12.4 Å². The van der Waals surface area contributed by atoms with Gasteiger partial charge >= 0.3 is 0 Å². The number of rotatable bonds is 0. The largest absolute Gasteiger partial charge is 0.227 e. The molecule has 0 amide bonds. The molecule has 1 aromatic rings. The van der Waals surface area contributed by atoms with Crippen LogP contribution < -0.4 is 0 Å². The maximum Gasteiger partial charge on any atom is 0.212 e. The van der Waals surface area contributed by atoms with Crippen LogP contribution in [-0.4, -0.2) is 4.98 Å². The van der Waals surface area contributed by atoms with Gasteiger partial charge in [0.2, 0.25) is 5.95 Å². The van der Waals surface area contributed by atoms with Crippen molar-refractivity contribution in [2.75, 3.05) is 0 Å². The molecule has 0 saturated heterocycles. The SMILES string of the molecule is Cl.Fc1ccc(Cl)cn1. The van der Waals surface area contributed by atoms with E-state index < -0.39 is 5.95 Å². The van der Waals surface area contributed by atoms with Gasteiger partial charge in [-0.2, -0.15) is 4.39 Å². The van der Waals surface area contributed by atoms with Crippen LogP contribution in [0.15, 0.2) is 18.3 Å². The van der Waals surface area contributed by atoms with Crippen molar-refractivity contribution in [1.82, 2.24) is 4.98 Å². The van der Waals surface area contributed by atoms with E-state index in [0.717, 1.165) is 0 Å². The van der Waals surface area contributed by atoms with Gasteiger partial charge < -0.3 is 0 Å². The zero-order valence-electron chi connectivity index (χ0n) is 4.34. The Balaban J connectivity index is 0.000000640. The summed E-state index contributed by atoms with van der Waals surface area (Å²) in [4.78, 5) is 3.28. The Bertz CT molecular complexity index is 154. The lowest BCUT2D eigenvalue weighted by atomic mass is 10.5. The van der Waals surface area contributed by atoms with Gasteiger partial charge in [-0.05, 0) is 12.1 Å². The maximum absolute atomic E-state index is 11.9. The van der Waals surface area contributed by atoms with E-state index in [2.05, 4.69) is 4.98 Å². The number of hydrogen-bond acceptors (Lipinski definition) is 1. The molecular formula is C5H4Cl2FN. The summed E-state index contributed by atoms with van der Waals surface area (Å²) >= 11 is 5.38. The zero-order valence-corrected chi connectivity index (χ0v) is 5.92. The van der Waals surface area contributed by atoms with Crippen molar-refractivity contribution in [3.05, 3.63) is 29.3 Å². The quantitative estimate of drug-likeness (QED) is 0.541. The number of halogens is 3. The molecule has 0 N–H and O–H groups in total. The standard InChI is InChI=1S/C5H3ClFN.ClH/c6-4-1-2-5(7)8-3-4;/h1-3H;1H. The second-order valence-corrected chi connectivity index (χ2v) is 1.74. The van der Waals surface area contributed by atoms with Crippen LogP contribution in [0.4, 0.5) is 4.39 Å². The topological polar surface area (TPSA) is 12.9 Å². The number of aromatic nitrogens is 1. The molecule has 9 heavy (non-hydrogen) atoms. The van der Waals surface area contributed by atoms with Gasteiger partial charge in [0.15, 0.2) is 0 Å². The van der Waals surface area contributed by atoms with Gasteiger partial charge in [-0.25, -0.2) is 4.98 Å². The third-order valence-electron chi connectivity index (χ3n) is 0.691. The summed E-state index contributed by atoms with van der Waals surface area (Å²) in [5, 5.41) is 0.450. The average molecular weight is 168 g/mol. The first-order chi connectivity index (χ1) is 3.79. The summed E-state index contributed by atoms with van der Waals surface area (Å²) in [6.07, 6.45) is 1.26. The summed E-state index contributed by atoms with van der Waals surface area (Å²) in [6.45, 7) is 0. The van der Waals surface area contributed by atoms with E-state index >= 15 is 0 Å². The average Bonchev–Trinajstić information content (AvgIpc) is 1.77. The van der Waals surface area contributed by atoms with Gasteiger partial charge in [-0.1, -0.05) is 11.6 Å². The zero-order chi connectivity index (χ0) is 5.98. The molecule has 1 heterocycles. The molecule has 4 heteroatoms. The third kappa shape index (κ3) is 2.63. The molecule has 50 valence electrons. The summed E-state index contributed by atoms with van der Waals surface area (Å²) in [6, 6.07) is 2.66. The second kappa shape index (κ2) is 3.64. The van der Waals surface area contributed by atoms with Crippen LogP contribution in [0.25, 0.3) is 0 Å². The van der Waals surface area contributed by atoms with E-state index in [4.69, 9.17) is 11.6 Å². The van der Waals surface area contributed by atoms with Crippen molar-refractivity contribution in [2.24, 2.45) is 0 Å². The summed E-state index contributed by atoms with van der Waals surface area (Å²) < 4.78 is 11.9. The lowest BCUT2D eigenvalue weighted by Gasteiger charge is -1.84. The van der Waals surface area contributed by atoms with E-state index in [1.807, 2.05) is 0 Å². The van der Waals surface area contributed by atoms with Crippen molar-refractivity contribution < 1.29 is 4.39 Å². The van der Waals surface area contributed by atoms with Crippen molar-refractivity contribution >= 4 is 24.0 Å². The Labute approximate surface area is 63.3 Å². The molecule has 1 nitrogen and oxygen atoms in total. The lowest BCUT2D eigenvalue weighted by Crippen LogP contribution is -1.76. The first kappa shape index (κ1) is 8.66. The third-order valence-corrected chi connectivity index (χ3v) is 0.915. The van der Waals surface area contributed by atoms with Crippen molar-refractivity contribution in [2.45, 2.75) is 0 Å². The molecule has 0 radical (unpaired) electrons. The minimum atomic E-state index is -0.505. The Morgan fingerprint density at radius 1 is 1.44 bits per heavy atom. The highest BCUT2D eigenvalue weighted by atomic mass is 35.5. The fourth-order valence-electron chi connectivity index (χ4n) is 0.358. The monoisotopic (exact) mass is 167 g/mol. The van der Waals surface area contributed by atoms with E-state index in [1.54, 1.807) is 0 Å². The fraction of sp³-hybridized carbons (Fsp3) is 0. The summed E-state index contributed by atoms with van der Waals surface area (Å²) in [5.41, 5.74) is 0. The number of pyridine rings is 1. The van der Waals surface area contributed by atoms with E-state index in [-0.39, 0.29) is 12.4 Å². The molecule has 0 saturated carbocycles. The van der Waals surface area contributed by atoms with Crippen LogP contribution in [0.5, 0.6) is 0 Å². The Hall–Kier alpha value is -0.340. The molecule has 0 atom stereocenters. The first-order valence-electron chi connectivity index (χ1n) is 2.06. The van der Waals surface area contributed by atoms with E-state index in [9.17, 15) is 4.39 Å². The van der Waals surface area contributed by atoms with Crippen LogP contribution >= 0.6 is 24.0 Å². The normalized spacial score (nSPS) is 8.22. The molecule has 0 aliphatic carbocycles. The van der Waals surface area contributed by atoms with Gasteiger partial charge in [-0.3, -0.25) is 0 Å².